The average molecular weight is 182 g/mol. The highest BCUT2D eigenvalue weighted by Crippen LogP contribution is 1.76. The van der Waals surface area contributed by atoms with Crippen molar-refractivity contribution in [3.8, 4) is 0 Å². The van der Waals surface area contributed by atoms with Crippen LogP contribution in [0.4, 0.5) is 5.95 Å². The molecule has 0 fully saturated rings. The number of nitrogens with zero attached hydrogens (tertiary/aromatic N) is 2. The molecule has 11 heavy (non-hydrogen) atoms. The van der Waals surface area contributed by atoms with Gasteiger partial charge in [-0.15, -0.1) is 0 Å². The summed E-state index contributed by atoms with van der Waals surface area (Å²) in [6, 6.07) is 0. The molecule has 0 aliphatic carbocycles. The van der Waals surface area contributed by atoms with Crippen LogP contribution < -0.4 is 5.73 Å². The zero-order valence-corrected chi connectivity index (χ0v) is 5.98. The molecule has 0 spiro atoms. The lowest BCUT2D eigenvalue weighted by Crippen LogP contribution is -1.89. The molecule has 5 N–H and O–H groups in total. The third-order valence-electron chi connectivity index (χ3n) is 0.434. The molecule has 0 saturated heterocycles. The maximum atomic E-state index is 8.74. The molecule has 0 amide bonds. The van der Waals surface area contributed by atoms with Crippen molar-refractivity contribution >= 4 is 16.3 Å². The van der Waals surface area contributed by atoms with Crippen LogP contribution >= 0.6 is 0 Å². The molecule has 0 aromatic carbocycles. The zero-order valence-electron chi connectivity index (χ0n) is 5.17. The van der Waals surface area contributed by atoms with E-state index in [2.05, 4.69) is 15.2 Å². The molecule has 0 radical (unpaired) electrons. The second-order valence-electron chi connectivity index (χ2n) is 1.32. The van der Waals surface area contributed by atoms with Crippen LogP contribution in [0, 0.1) is 0 Å². The highest BCUT2D eigenvalue weighted by molar-refractivity contribution is 7.79. The van der Waals surface area contributed by atoms with E-state index < -0.39 is 10.4 Å². The van der Waals surface area contributed by atoms with Gasteiger partial charge in [0.1, 0.15) is 6.33 Å². The van der Waals surface area contributed by atoms with Crippen LogP contribution in [0.25, 0.3) is 0 Å². The Kier molecular flexibility index (Phi) is 3.44. The van der Waals surface area contributed by atoms with Crippen molar-refractivity contribution in [2.75, 3.05) is 5.73 Å². The van der Waals surface area contributed by atoms with E-state index in [9.17, 15) is 0 Å². The number of hydrogen-bond donors (Lipinski definition) is 4. The summed E-state index contributed by atoms with van der Waals surface area (Å²) in [6.45, 7) is 0. The van der Waals surface area contributed by atoms with Gasteiger partial charge in [-0.25, -0.2) is 10.1 Å². The molecule has 8 nitrogen and oxygen atoms in total. The van der Waals surface area contributed by atoms with Gasteiger partial charge in [-0.2, -0.15) is 13.5 Å². The van der Waals surface area contributed by atoms with E-state index >= 15 is 0 Å². The molecule has 1 rings (SSSR count). The van der Waals surface area contributed by atoms with Crippen LogP contribution in [-0.2, 0) is 10.4 Å². The standard InChI is InChI=1S/C2H4N4.H2O4S/c3-2-4-1-5-6-2;1-5(2,3)4/h1H,(H3,3,4,5,6);(H2,1,2,3,4). The Morgan fingerprint density at radius 2 is 2.00 bits per heavy atom. The molecule has 0 bridgehead atoms. The Hall–Kier alpha value is -1.19. The summed E-state index contributed by atoms with van der Waals surface area (Å²) in [5.41, 5.74) is 5.05. The number of nitrogen functional groups attached to an aromatic ring is 1. The molecule has 0 aliphatic heterocycles. The molecule has 0 unspecified atom stereocenters. The molecule has 0 saturated carbocycles. The van der Waals surface area contributed by atoms with Crippen LogP contribution in [-0.4, -0.2) is 32.7 Å². The predicted octanol–water partition coefficient (Wildman–Crippen LogP) is -1.27. The van der Waals surface area contributed by atoms with Gasteiger partial charge in [0.15, 0.2) is 0 Å². The van der Waals surface area contributed by atoms with Crippen molar-refractivity contribution in [1.82, 2.24) is 15.2 Å². The second-order valence-corrected chi connectivity index (χ2v) is 2.21. The first-order valence-corrected chi connectivity index (χ1v) is 3.60. The largest absolute Gasteiger partial charge is 0.394 e. The van der Waals surface area contributed by atoms with Gasteiger partial charge in [0.05, 0.1) is 0 Å². The number of anilines is 1. The molecule has 1 aromatic rings. The number of aromatic amines is 1. The second kappa shape index (κ2) is 3.85. The summed E-state index contributed by atoms with van der Waals surface area (Å²) in [4.78, 5) is 3.53. The van der Waals surface area contributed by atoms with Gasteiger partial charge in [-0.1, -0.05) is 0 Å². The smallest absolute Gasteiger partial charge is 0.368 e. The number of nitrogens with one attached hydrogen (secondary N) is 1. The van der Waals surface area contributed by atoms with E-state index in [1.807, 2.05) is 0 Å². The Morgan fingerprint density at radius 1 is 1.55 bits per heavy atom. The minimum absolute atomic E-state index is 0.356. The topological polar surface area (TPSA) is 142 Å². The first kappa shape index (κ1) is 9.81. The van der Waals surface area contributed by atoms with Gasteiger partial charge in [0.25, 0.3) is 0 Å². The van der Waals surface area contributed by atoms with Crippen LogP contribution in [0.15, 0.2) is 6.33 Å². The molecule has 1 heterocycles. The maximum absolute atomic E-state index is 8.74. The maximum Gasteiger partial charge on any atom is 0.394 e. The van der Waals surface area contributed by atoms with Gasteiger partial charge >= 0.3 is 10.4 Å². The van der Waals surface area contributed by atoms with Gasteiger partial charge in [0, 0.05) is 0 Å². The van der Waals surface area contributed by atoms with Crippen LogP contribution in [0.2, 0.25) is 0 Å². The highest BCUT2D eigenvalue weighted by atomic mass is 32.3. The highest BCUT2D eigenvalue weighted by Gasteiger charge is 1.84. The fourth-order valence-corrected chi connectivity index (χ4v) is 0.215. The van der Waals surface area contributed by atoms with E-state index in [1.54, 1.807) is 0 Å². The number of nitrogens with two attached hydrogens (primary N) is 1. The molecule has 1 aromatic heterocycles. The Bertz CT molecular complexity index is 269. The summed E-state index contributed by atoms with van der Waals surface area (Å²) >= 11 is 0. The lowest BCUT2D eigenvalue weighted by atomic mass is 11.1. The number of hydrogen-bond acceptors (Lipinski definition) is 5. The first-order valence-electron chi connectivity index (χ1n) is 2.20. The lowest BCUT2D eigenvalue weighted by molar-refractivity contribution is 0.381. The molecular formula is C2H6N4O4S. The summed E-state index contributed by atoms with van der Waals surface area (Å²) < 4.78 is 31.6. The Labute approximate surface area is 62.0 Å². The fourth-order valence-electron chi connectivity index (χ4n) is 0.215. The summed E-state index contributed by atoms with van der Waals surface area (Å²) in [5.74, 6) is 0.356. The number of rotatable bonds is 0. The van der Waals surface area contributed by atoms with E-state index in [1.165, 1.54) is 6.33 Å². The van der Waals surface area contributed by atoms with Crippen molar-refractivity contribution in [3.63, 3.8) is 0 Å². The van der Waals surface area contributed by atoms with Crippen molar-refractivity contribution < 1.29 is 17.5 Å². The molecule has 64 valence electrons. The summed E-state index contributed by atoms with van der Waals surface area (Å²) in [6.07, 6.45) is 1.36. The number of aromatic nitrogens is 3. The van der Waals surface area contributed by atoms with E-state index in [4.69, 9.17) is 23.3 Å². The summed E-state index contributed by atoms with van der Waals surface area (Å²) in [5, 5.41) is 5.88. The van der Waals surface area contributed by atoms with Gasteiger partial charge in [0.2, 0.25) is 5.95 Å². The Morgan fingerprint density at radius 3 is 2.09 bits per heavy atom. The molecule has 0 aliphatic rings. The van der Waals surface area contributed by atoms with E-state index in [-0.39, 0.29) is 0 Å². The van der Waals surface area contributed by atoms with E-state index in [0.717, 1.165) is 0 Å². The van der Waals surface area contributed by atoms with Crippen LogP contribution in [0.1, 0.15) is 0 Å². The van der Waals surface area contributed by atoms with Crippen LogP contribution in [0.3, 0.4) is 0 Å². The zero-order chi connectivity index (χ0) is 8.91. The minimum atomic E-state index is -4.67. The predicted molar refractivity (Wildman–Crippen MR) is 35.0 cm³/mol. The van der Waals surface area contributed by atoms with Gasteiger partial charge in [-0.3, -0.25) is 9.11 Å². The van der Waals surface area contributed by atoms with Crippen LogP contribution in [0.5, 0.6) is 0 Å². The van der Waals surface area contributed by atoms with Gasteiger partial charge < -0.3 is 5.73 Å². The van der Waals surface area contributed by atoms with E-state index in [0.29, 0.717) is 5.95 Å². The summed E-state index contributed by atoms with van der Waals surface area (Å²) in [7, 11) is -4.67. The van der Waals surface area contributed by atoms with Crippen molar-refractivity contribution in [2.45, 2.75) is 0 Å². The third-order valence-corrected chi connectivity index (χ3v) is 0.434. The Balaban J connectivity index is 0.000000187. The lowest BCUT2D eigenvalue weighted by Gasteiger charge is -1.68. The quantitative estimate of drug-likeness (QED) is 0.366. The monoisotopic (exact) mass is 182 g/mol. The van der Waals surface area contributed by atoms with Crippen molar-refractivity contribution in [3.05, 3.63) is 6.33 Å². The molecular weight excluding hydrogens is 176 g/mol. The SMILES string of the molecule is Nc1ncn[nH]1.O=S(=O)(O)O. The fraction of sp³-hybridized carbons (Fsp3) is 0. The van der Waals surface area contributed by atoms with Crippen molar-refractivity contribution in [2.24, 2.45) is 0 Å². The normalized spacial score (nSPS) is 10.0. The number of H-pyrrole nitrogens is 1. The van der Waals surface area contributed by atoms with Crippen molar-refractivity contribution in [1.29, 1.82) is 0 Å². The minimum Gasteiger partial charge on any atom is -0.368 e. The average Bonchev–Trinajstić information content (AvgIpc) is 2.12. The third kappa shape index (κ3) is 12.1. The first-order chi connectivity index (χ1) is 4.89. The molecule has 9 heteroatoms. The van der Waals surface area contributed by atoms with Gasteiger partial charge in [-0.05, 0) is 0 Å². The molecule has 0 atom stereocenters.